The van der Waals surface area contributed by atoms with Crippen molar-refractivity contribution in [2.45, 2.75) is 42.9 Å². The van der Waals surface area contributed by atoms with Crippen LogP contribution in [-0.4, -0.2) is 38.4 Å². The van der Waals surface area contributed by atoms with Crippen molar-refractivity contribution < 1.29 is 9.59 Å². The quantitative estimate of drug-likeness (QED) is 0.742. The zero-order valence-corrected chi connectivity index (χ0v) is 14.5. The monoisotopic (exact) mass is 357 g/mol. The number of anilines is 1. The van der Waals surface area contributed by atoms with Crippen LogP contribution < -0.4 is 10.6 Å². The molecule has 8 heteroatoms. The molecule has 2 amide bonds. The van der Waals surface area contributed by atoms with E-state index in [4.69, 9.17) is 0 Å². The second-order valence-electron chi connectivity index (χ2n) is 6.38. The van der Waals surface area contributed by atoms with Crippen molar-refractivity contribution >= 4 is 29.3 Å². The lowest BCUT2D eigenvalue weighted by Gasteiger charge is -2.11. The summed E-state index contributed by atoms with van der Waals surface area (Å²) in [5, 5.41) is 14.5. The van der Waals surface area contributed by atoms with Gasteiger partial charge in [0.05, 0.1) is 17.0 Å². The largest absolute Gasteiger partial charge is 0.349 e. The molecule has 4 rings (SSSR count). The molecule has 25 heavy (non-hydrogen) atoms. The molecule has 1 heterocycles. The number of hydrogen-bond acceptors (Lipinski definition) is 5. The molecule has 0 bridgehead atoms. The number of carbonyl (C=O) groups is 2. The molecule has 0 spiro atoms. The highest BCUT2D eigenvalue weighted by Crippen LogP contribution is 2.37. The maximum atomic E-state index is 12.3. The number of thioether (sulfide) groups is 1. The van der Waals surface area contributed by atoms with Gasteiger partial charge in [0.1, 0.15) is 6.33 Å². The Morgan fingerprint density at radius 3 is 2.76 bits per heavy atom. The van der Waals surface area contributed by atoms with Crippen LogP contribution in [0.5, 0.6) is 0 Å². The number of rotatable bonds is 7. The normalized spacial score (nSPS) is 16.5. The average Bonchev–Trinajstić information content (AvgIpc) is 3.54. The molecule has 0 unspecified atom stereocenters. The van der Waals surface area contributed by atoms with Crippen molar-refractivity contribution in [1.82, 2.24) is 20.1 Å². The second-order valence-corrected chi connectivity index (χ2v) is 7.32. The predicted molar refractivity (Wildman–Crippen MR) is 94.6 cm³/mol. The van der Waals surface area contributed by atoms with Crippen molar-refractivity contribution in [2.75, 3.05) is 11.1 Å². The zero-order valence-electron chi connectivity index (χ0n) is 13.6. The summed E-state index contributed by atoms with van der Waals surface area (Å²) in [7, 11) is 0. The van der Waals surface area contributed by atoms with Gasteiger partial charge in [0.15, 0.2) is 5.16 Å². The van der Waals surface area contributed by atoms with E-state index in [2.05, 4.69) is 20.8 Å². The Hall–Kier alpha value is -2.35. The Balaban J connectivity index is 1.37. The molecule has 0 saturated heterocycles. The molecule has 2 aromatic rings. The van der Waals surface area contributed by atoms with Gasteiger partial charge in [-0.25, -0.2) is 0 Å². The number of aromatic nitrogens is 3. The van der Waals surface area contributed by atoms with Crippen molar-refractivity contribution in [3.63, 3.8) is 0 Å². The summed E-state index contributed by atoms with van der Waals surface area (Å²) in [5.41, 5.74) is 1.03. The number of benzene rings is 1. The first-order valence-electron chi connectivity index (χ1n) is 8.43. The number of amides is 2. The fourth-order valence-electron chi connectivity index (χ4n) is 2.54. The van der Waals surface area contributed by atoms with Gasteiger partial charge in [-0.1, -0.05) is 23.9 Å². The highest BCUT2D eigenvalue weighted by molar-refractivity contribution is 7.99. The van der Waals surface area contributed by atoms with Gasteiger partial charge < -0.3 is 15.2 Å². The summed E-state index contributed by atoms with van der Waals surface area (Å²) in [6.07, 6.45) is 6.05. The summed E-state index contributed by atoms with van der Waals surface area (Å²) in [5.74, 6) is -0.0779. The van der Waals surface area contributed by atoms with Crippen molar-refractivity contribution in [3.05, 3.63) is 36.2 Å². The molecule has 7 nitrogen and oxygen atoms in total. The van der Waals surface area contributed by atoms with Gasteiger partial charge >= 0.3 is 0 Å². The number of nitrogens with zero attached hydrogens (tertiary/aromatic N) is 3. The van der Waals surface area contributed by atoms with Crippen LogP contribution in [0.25, 0.3) is 0 Å². The molecular formula is C17H19N5O2S. The molecule has 2 aliphatic rings. The first kappa shape index (κ1) is 16.1. The lowest BCUT2D eigenvalue weighted by atomic mass is 10.1. The lowest BCUT2D eigenvalue weighted by Crippen LogP contribution is -2.27. The van der Waals surface area contributed by atoms with Gasteiger partial charge in [0, 0.05) is 12.1 Å². The second kappa shape index (κ2) is 6.87. The maximum Gasteiger partial charge on any atom is 0.253 e. The van der Waals surface area contributed by atoms with E-state index in [1.165, 1.54) is 11.8 Å². The van der Waals surface area contributed by atoms with Crippen LogP contribution in [-0.2, 0) is 4.79 Å². The number of hydrogen-bond donors (Lipinski definition) is 2. The SMILES string of the molecule is O=C(CSc1nncn1C1CC1)Nc1ccccc1C(=O)NC1CC1. The first-order chi connectivity index (χ1) is 12.2. The minimum absolute atomic E-state index is 0.139. The Bertz CT molecular complexity index is 798. The molecular weight excluding hydrogens is 338 g/mol. The Morgan fingerprint density at radius 1 is 1.20 bits per heavy atom. The third-order valence-corrected chi connectivity index (χ3v) is 5.13. The third-order valence-electron chi connectivity index (χ3n) is 4.17. The molecule has 1 aromatic carbocycles. The van der Waals surface area contributed by atoms with Gasteiger partial charge in [-0.3, -0.25) is 9.59 Å². The van der Waals surface area contributed by atoms with E-state index < -0.39 is 0 Å². The van der Waals surface area contributed by atoms with Crippen LogP contribution in [0.2, 0.25) is 0 Å². The van der Waals surface area contributed by atoms with Crippen molar-refractivity contribution in [3.8, 4) is 0 Å². The van der Waals surface area contributed by atoms with Gasteiger partial charge in [-0.2, -0.15) is 0 Å². The van der Waals surface area contributed by atoms with E-state index >= 15 is 0 Å². The minimum atomic E-state index is -0.165. The smallest absolute Gasteiger partial charge is 0.253 e. The van der Waals surface area contributed by atoms with Crippen LogP contribution >= 0.6 is 11.8 Å². The van der Waals surface area contributed by atoms with Crippen LogP contribution in [0.1, 0.15) is 42.1 Å². The van der Waals surface area contributed by atoms with Crippen LogP contribution in [0.3, 0.4) is 0 Å². The Morgan fingerprint density at radius 2 is 2.00 bits per heavy atom. The average molecular weight is 357 g/mol. The molecule has 2 aliphatic carbocycles. The molecule has 0 aliphatic heterocycles. The lowest BCUT2D eigenvalue weighted by molar-refractivity contribution is -0.113. The molecule has 0 radical (unpaired) electrons. The number of para-hydroxylation sites is 1. The van der Waals surface area contributed by atoms with Gasteiger partial charge in [0.2, 0.25) is 5.91 Å². The van der Waals surface area contributed by atoms with Gasteiger partial charge in [0.25, 0.3) is 5.91 Å². The Labute approximate surface area is 149 Å². The van der Waals surface area contributed by atoms with E-state index in [0.29, 0.717) is 17.3 Å². The van der Waals surface area contributed by atoms with Gasteiger partial charge in [-0.15, -0.1) is 10.2 Å². The highest BCUT2D eigenvalue weighted by Gasteiger charge is 2.27. The summed E-state index contributed by atoms with van der Waals surface area (Å²) in [6, 6.07) is 7.83. The highest BCUT2D eigenvalue weighted by atomic mass is 32.2. The molecule has 2 fully saturated rings. The van der Waals surface area contributed by atoms with E-state index in [-0.39, 0.29) is 23.6 Å². The molecule has 2 N–H and O–H groups in total. The molecule has 1 aromatic heterocycles. The van der Waals surface area contributed by atoms with E-state index in [1.54, 1.807) is 30.6 Å². The first-order valence-corrected chi connectivity index (χ1v) is 9.41. The third kappa shape index (κ3) is 4.01. The molecule has 0 atom stereocenters. The summed E-state index contributed by atoms with van der Waals surface area (Å²) in [4.78, 5) is 24.6. The van der Waals surface area contributed by atoms with Crippen LogP contribution in [0.4, 0.5) is 5.69 Å². The van der Waals surface area contributed by atoms with Crippen molar-refractivity contribution in [2.24, 2.45) is 0 Å². The van der Waals surface area contributed by atoms with E-state index in [9.17, 15) is 9.59 Å². The van der Waals surface area contributed by atoms with Gasteiger partial charge in [-0.05, 0) is 37.8 Å². The maximum absolute atomic E-state index is 12.3. The number of nitrogens with one attached hydrogen (secondary N) is 2. The van der Waals surface area contributed by atoms with E-state index in [0.717, 1.165) is 30.8 Å². The predicted octanol–water partition coefficient (Wildman–Crippen LogP) is 2.24. The van der Waals surface area contributed by atoms with Crippen molar-refractivity contribution in [1.29, 1.82) is 0 Å². The number of carbonyl (C=O) groups excluding carboxylic acids is 2. The Kier molecular flexibility index (Phi) is 4.44. The summed E-state index contributed by atoms with van der Waals surface area (Å²) >= 11 is 1.36. The zero-order chi connectivity index (χ0) is 17.2. The summed E-state index contributed by atoms with van der Waals surface area (Å²) < 4.78 is 2.02. The fraction of sp³-hybridized carbons (Fsp3) is 0.412. The fourth-order valence-corrected chi connectivity index (χ4v) is 3.32. The van der Waals surface area contributed by atoms with Crippen LogP contribution in [0.15, 0.2) is 35.7 Å². The standard InChI is InChI=1S/C17H19N5O2S/c23-15(9-25-17-21-18-10-22(17)12-7-8-12)20-14-4-2-1-3-13(14)16(24)19-11-5-6-11/h1-4,10-12H,5-9H2,(H,19,24)(H,20,23). The topological polar surface area (TPSA) is 88.9 Å². The minimum Gasteiger partial charge on any atom is -0.349 e. The van der Waals surface area contributed by atoms with Crippen LogP contribution in [0, 0.1) is 0 Å². The summed E-state index contributed by atoms with van der Waals surface area (Å²) in [6.45, 7) is 0. The molecule has 2 saturated carbocycles. The molecule has 130 valence electrons. The van der Waals surface area contributed by atoms with E-state index in [1.807, 2.05) is 4.57 Å².